The van der Waals surface area contributed by atoms with E-state index in [-0.39, 0.29) is 11.8 Å². The van der Waals surface area contributed by atoms with E-state index in [4.69, 9.17) is 5.73 Å². The summed E-state index contributed by atoms with van der Waals surface area (Å²) >= 11 is 0. The minimum atomic E-state index is -0.408. The summed E-state index contributed by atoms with van der Waals surface area (Å²) in [5.74, 6) is -0.570. The van der Waals surface area contributed by atoms with Gasteiger partial charge < -0.3 is 11.1 Å². The normalized spacial score (nSPS) is 15.3. The van der Waals surface area contributed by atoms with E-state index in [0.717, 1.165) is 12.8 Å². The van der Waals surface area contributed by atoms with Gasteiger partial charge >= 0.3 is 0 Å². The molecule has 4 heteroatoms. The molecular formula is C12H13FN2O. The molecule has 0 atom stereocenters. The molecule has 0 saturated carbocycles. The van der Waals surface area contributed by atoms with Crippen LogP contribution in [0.3, 0.4) is 0 Å². The summed E-state index contributed by atoms with van der Waals surface area (Å²) in [4.78, 5) is 11.7. The Kier molecular flexibility index (Phi) is 2.90. The lowest BCUT2D eigenvalue weighted by Gasteiger charge is -2.12. The zero-order valence-corrected chi connectivity index (χ0v) is 8.74. The highest BCUT2D eigenvalue weighted by Gasteiger charge is 2.19. The first-order valence-corrected chi connectivity index (χ1v) is 5.17. The fraction of sp³-hybridized carbons (Fsp3) is 0.250. The van der Waals surface area contributed by atoms with Crippen LogP contribution in [-0.2, 0) is 4.79 Å². The van der Waals surface area contributed by atoms with Gasteiger partial charge in [-0.25, -0.2) is 4.39 Å². The van der Waals surface area contributed by atoms with E-state index in [1.807, 2.05) is 12.2 Å². The molecule has 2 rings (SSSR count). The van der Waals surface area contributed by atoms with E-state index >= 15 is 0 Å². The number of nitrogen functional groups attached to an aromatic ring is 1. The number of carbonyl (C=O) groups excluding carboxylic acids is 1. The number of amides is 1. The topological polar surface area (TPSA) is 55.1 Å². The highest BCUT2D eigenvalue weighted by Crippen LogP contribution is 2.23. The molecule has 1 aromatic rings. The Labute approximate surface area is 93.1 Å². The van der Waals surface area contributed by atoms with Crippen LogP contribution in [0.5, 0.6) is 0 Å². The Bertz CT molecular complexity index is 435. The van der Waals surface area contributed by atoms with Crippen molar-refractivity contribution in [2.24, 2.45) is 5.92 Å². The molecule has 0 saturated heterocycles. The number of hydrogen-bond acceptors (Lipinski definition) is 2. The standard InChI is InChI=1S/C12H13FN2O/c13-9-5-6-10(14)11(7-9)15-12(16)8-3-1-2-4-8/h1-2,5-8H,3-4,14H2,(H,15,16). The Morgan fingerprint density at radius 2 is 2.06 bits per heavy atom. The first-order chi connectivity index (χ1) is 7.66. The zero-order chi connectivity index (χ0) is 11.5. The van der Waals surface area contributed by atoms with Crippen LogP contribution >= 0.6 is 0 Å². The maximum Gasteiger partial charge on any atom is 0.228 e. The van der Waals surface area contributed by atoms with Gasteiger partial charge in [-0.05, 0) is 31.0 Å². The van der Waals surface area contributed by atoms with Crippen molar-refractivity contribution in [1.29, 1.82) is 0 Å². The molecule has 0 unspecified atom stereocenters. The molecule has 1 aromatic carbocycles. The third kappa shape index (κ3) is 2.21. The highest BCUT2D eigenvalue weighted by atomic mass is 19.1. The van der Waals surface area contributed by atoms with Gasteiger partial charge in [0.2, 0.25) is 5.91 Å². The maximum absolute atomic E-state index is 13.0. The molecule has 3 nitrogen and oxygen atoms in total. The second-order valence-corrected chi connectivity index (χ2v) is 3.86. The second kappa shape index (κ2) is 4.35. The number of nitrogens with two attached hydrogens (primary N) is 1. The van der Waals surface area contributed by atoms with Gasteiger partial charge in [-0.1, -0.05) is 12.2 Å². The molecule has 1 amide bonds. The van der Waals surface area contributed by atoms with Gasteiger partial charge in [-0.15, -0.1) is 0 Å². The minimum absolute atomic E-state index is 0.0531. The molecule has 0 aliphatic heterocycles. The lowest BCUT2D eigenvalue weighted by Crippen LogP contribution is -2.21. The lowest BCUT2D eigenvalue weighted by molar-refractivity contribution is -0.119. The van der Waals surface area contributed by atoms with Crippen molar-refractivity contribution in [2.45, 2.75) is 12.8 Å². The van der Waals surface area contributed by atoms with Crippen molar-refractivity contribution in [1.82, 2.24) is 0 Å². The summed E-state index contributed by atoms with van der Waals surface area (Å²) in [6.45, 7) is 0. The van der Waals surface area contributed by atoms with E-state index < -0.39 is 5.82 Å². The van der Waals surface area contributed by atoms with Crippen LogP contribution in [0.4, 0.5) is 15.8 Å². The number of carbonyl (C=O) groups is 1. The summed E-state index contributed by atoms with van der Waals surface area (Å²) in [5, 5.41) is 2.65. The van der Waals surface area contributed by atoms with Crippen LogP contribution in [0.2, 0.25) is 0 Å². The van der Waals surface area contributed by atoms with Gasteiger partial charge in [-0.2, -0.15) is 0 Å². The van der Waals surface area contributed by atoms with E-state index in [1.165, 1.54) is 18.2 Å². The summed E-state index contributed by atoms with van der Waals surface area (Å²) < 4.78 is 13.0. The molecule has 0 fully saturated rings. The third-order valence-corrected chi connectivity index (χ3v) is 2.65. The lowest BCUT2D eigenvalue weighted by atomic mass is 10.1. The molecule has 16 heavy (non-hydrogen) atoms. The number of halogens is 1. The monoisotopic (exact) mass is 220 g/mol. The van der Waals surface area contributed by atoms with E-state index in [9.17, 15) is 9.18 Å². The van der Waals surface area contributed by atoms with Crippen LogP contribution in [-0.4, -0.2) is 5.91 Å². The number of allylic oxidation sites excluding steroid dienone is 2. The van der Waals surface area contributed by atoms with Crippen LogP contribution in [0.15, 0.2) is 30.4 Å². The smallest absolute Gasteiger partial charge is 0.228 e. The summed E-state index contributed by atoms with van der Waals surface area (Å²) in [6, 6.07) is 3.94. The van der Waals surface area contributed by atoms with Crippen molar-refractivity contribution in [3.8, 4) is 0 Å². The molecule has 0 radical (unpaired) electrons. The van der Waals surface area contributed by atoms with E-state index in [1.54, 1.807) is 0 Å². The van der Waals surface area contributed by atoms with Crippen molar-refractivity contribution < 1.29 is 9.18 Å². The Hall–Kier alpha value is -1.84. The first kappa shape index (κ1) is 10.7. The molecule has 0 bridgehead atoms. The van der Waals surface area contributed by atoms with Crippen molar-refractivity contribution in [2.75, 3.05) is 11.1 Å². The summed E-state index contributed by atoms with van der Waals surface area (Å²) in [5.41, 5.74) is 6.36. The quantitative estimate of drug-likeness (QED) is 0.593. The van der Waals surface area contributed by atoms with E-state index in [0.29, 0.717) is 11.4 Å². The Morgan fingerprint density at radius 1 is 1.38 bits per heavy atom. The highest BCUT2D eigenvalue weighted by molar-refractivity contribution is 5.95. The molecule has 1 aliphatic carbocycles. The molecule has 0 spiro atoms. The van der Waals surface area contributed by atoms with Crippen LogP contribution in [0, 0.1) is 11.7 Å². The number of benzene rings is 1. The predicted octanol–water partition coefficient (Wildman–Crippen LogP) is 2.31. The number of nitrogens with one attached hydrogen (secondary N) is 1. The number of anilines is 2. The number of hydrogen-bond donors (Lipinski definition) is 2. The van der Waals surface area contributed by atoms with Gasteiger partial charge in [0.25, 0.3) is 0 Å². The Morgan fingerprint density at radius 3 is 2.75 bits per heavy atom. The first-order valence-electron chi connectivity index (χ1n) is 5.17. The van der Waals surface area contributed by atoms with Gasteiger partial charge in [-0.3, -0.25) is 4.79 Å². The molecular weight excluding hydrogens is 207 g/mol. The third-order valence-electron chi connectivity index (χ3n) is 2.65. The molecule has 84 valence electrons. The average Bonchev–Trinajstić information content (AvgIpc) is 2.76. The van der Waals surface area contributed by atoms with Gasteiger partial charge in [0.15, 0.2) is 0 Å². The fourth-order valence-corrected chi connectivity index (χ4v) is 1.70. The fourth-order valence-electron chi connectivity index (χ4n) is 1.70. The van der Waals surface area contributed by atoms with Crippen molar-refractivity contribution >= 4 is 17.3 Å². The molecule has 3 N–H and O–H groups in total. The molecule has 0 aromatic heterocycles. The predicted molar refractivity (Wildman–Crippen MR) is 61.3 cm³/mol. The maximum atomic E-state index is 13.0. The summed E-state index contributed by atoms with van der Waals surface area (Å²) in [7, 11) is 0. The average molecular weight is 220 g/mol. The van der Waals surface area contributed by atoms with Crippen LogP contribution < -0.4 is 11.1 Å². The van der Waals surface area contributed by atoms with E-state index in [2.05, 4.69) is 5.32 Å². The zero-order valence-electron chi connectivity index (χ0n) is 8.74. The van der Waals surface area contributed by atoms with Gasteiger partial charge in [0, 0.05) is 5.92 Å². The SMILES string of the molecule is Nc1ccc(F)cc1NC(=O)C1CC=CC1. The largest absolute Gasteiger partial charge is 0.397 e. The van der Waals surface area contributed by atoms with Gasteiger partial charge in [0.1, 0.15) is 5.82 Å². The van der Waals surface area contributed by atoms with Crippen molar-refractivity contribution in [3.63, 3.8) is 0 Å². The molecule has 1 aliphatic rings. The van der Waals surface area contributed by atoms with Crippen LogP contribution in [0.1, 0.15) is 12.8 Å². The Balaban J connectivity index is 2.08. The second-order valence-electron chi connectivity index (χ2n) is 3.86. The summed E-state index contributed by atoms with van der Waals surface area (Å²) in [6.07, 6.45) is 5.42. The minimum Gasteiger partial charge on any atom is -0.397 e. The van der Waals surface area contributed by atoms with Crippen molar-refractivity contribution in [3.05, 3.63) is 36.2 Å². The number of rotatable bonds is 2. The van der Waals surface area contributed by atoms with Gasteiger partial charge in [0.05, 0.1) is 11.4 Å². The van der Waals surface area contributed by atoms with Crippen LogP contribution in [0.25, 0.3) is 0 Å². The molecule has 0 heterocycles.